The molecular formula is C14H20N2O5. The Morgan fingerprint density at radius 3 is 2.29 bits per heavy atom. The van der Waals surface area contributed by atoms with E-state index in [9.17, 15) is 9.59 Å². The first kappa shape index (κ1) is 16.9. The number of hydrogen-bond acceptors (Lipinski definition) is 5. The van der Waals surface area contributed by atoms with E-state index in [-0.39, 0.29) is 13.1 Å². The van der Waals surface area contributed by atoms with Crippen molar-refractivity contribution in [2.45, 2.75) is 12.8 Å². The zero-order valence-corrected chi connectivity index (χ0v) is 12.3. The topological polar surface area (TPSA) is 85.9 Å². The molecule has 0 fully saturated rings. The van der Waals surface area contributed by atoms with E-state index in [1.54, 1.807) is 13.2 Å². The first-order valence-corrected chi connectivity index (χ1v) is 6.35. The summed E-state index contributed by atoms with van der Waals surface area (Å²) in [5.41, 5.74) is 0.785. The largest absolute Gasteiger partial charge is 0.496 e. The van der Waals surface area contributed by atoms with E-state index in [4.69, 9.17) is 14.2 Å². The van der Waals surface area contributed by atoms with Gasteiger partial charge in [-0.05, 0) is 6.07 Å². The molecule has 7 heteroatoms. The summed E-state index contributed by atoms with van der Waals surface area (Å²) in [5, 5.41) is 4.94. The quantitative estimate of drug-likeness (QED) is 0.548. The zero-order valence-electron chi connectivity index (χ0n) is 12.3. The van der Waals surface area contributed by atoms with Crippen molar-refractivity contribution >= 4 is 11.8 Å². The van der Waals surface area contributed by atoms with Crippen molar-refractivity contribution in [3.8, 4) is 5.75 Å². The molecule has 2 N–H and O–H groups in total. The van der Waals surface area contributed by atoms with E-state index in [1.807, 2.05) is 18.2 Å². The van der Waals surface area contributed by atoms with Crippen LogP contribution < -0.4 is 15.4 Å². The summed E-state index contributed by atoms with van der Waals surface area (Å²) in [6.45, 7) is 0.294. The van der Waals surface area contributed by atoms with E-state index in [1.165, 1.54) is 14.2 Å². The van der Waals surface area contributed by atoms with Crippen LogP contribution in [0.15, 0.2) is 24.3 Å². The summed E-state index contributed by atoms with van der Waals surface area (Å²) in [7, 11) is 4.44. The minimum atomic E-state index is -0.746. The van der Waals surface area contributed by atoms with Gasteiger partial charge in [0.25, 0.3) is 0 Å². The van der Waals surface area contributed by atoms with Crippen molar-refractivity contribution < 1.29 is 23.8 Å². The van der Waals surface area contributed by atoms with Crippen molar-refractivity contribution in [2.75, 3.05) is 27.9 Å². The number of carbonyl (C=O) groups is 2. The molecule has 7 nitrogen and oxygen atoms in total. The average Bonchev–Trinajstić information content (AvgIpc) is 2.53. The maximum atomic E-state index is 11.7. The third-order valence-corrected chi connectivity index (χ3v) is 2.79. The molecule has 0 aliphatic rings. The van der Waals surface area contributed by atoms with Gasteiger partial charge < -0.3 is 24.8 Å². The number of benzene rings is 1. The Balaban J connectivity index is 2.44. The van der Waals surface area contributed by atoms with Gasteiger partial charge in [-0.25, -0.2) is 0 Å². The standard InChI is InChI=1S/C14H20N2O5/c1-19-11-7-5-4-6-10(11)8-15-13(17)14(18)16-9-12(20-2)21-3/h4-7,12H,8-9H2,1-3H3,(H,15,17)(H,16,18). The summed E-state index contributed by atoms with van der Waals surface area (Å²) in [5.74, 6) is -0.826. The second kappa shape index (κ2) is 8.93. The Bertz CT molecular complexity index is 474. The molecule has 0 atom stereocenters. The molecule has 2 amide bonds. The molecule has 1 aromatic rings. The number of carbonyl (C=O) groups excluding carboxylic acids is 2. The molecule has 0 unspecified atom stereocenters. The molecule has 0 saturated heterocycles. The fourth-order valence-corrected chi connectivity index (χ4v) is 1.62. The van der Waals surface area contributed by atoms with Crippen LogP contribution in [0.5, 0.6) is 5.75 Å². The fraction of sp³-hybridized carbons (Fsp3) is 0.429. The maximum Gasteiger partial charge on any atom is 0.309 e. The molecule has 0 aromatic heterocycles. The lowest BCUT2D eigenvalue weighted by Gasteiger charge is -2.14. The van der Waals surface area contributed by atoms with Crippen LogP contribution >= 0.6 is 0 Å². The van der Waals surface area contributed by atoms with E-state index < -0.39 is 18.1 Å². The Labute approximate surface area is 123 Å². The molecule has 0 bridgehead atoms. The van der Waals surface area contributed by atoms with Gasteiger partial charge in [-0.3, -0.25) is 9.59 Å². The van der Waals surface area contributed by atoms with Crippen LogP contribution in [0.2, 0.25) is 0 Å². The third kappa shape index (κ3) is 5.41. The summed E-state index contributed by atoms with van der Waals surface area (Å²) in [6, 6.07) is 7.24. The van der Waals surface area contributed by atoms with Crippen molar-refractivity contribution in [1.29, 1.82) is 0 Å². The fourth-order valence-electron chi connectivity index (χ4n) is 1.62. The lowest BCUT2D eigenvalue weighted by atomic mass is 10.2. The van der Waals surface area contributed by atoms with Gasteiger partial charge in [-0.15, -0.1) is 0 Å². The van der Waals surface area contributed by atoms with Gasteiger partial charge in [-0.2, -0.15) is 0 Å². The van der Waals surface area contributed by atoms with Crippen LogP contribution in [-0.4, -0.2) is 46.0 Å². The summed E-state index contributed by atoms with van der Waals surface area (Å²) in [4.78, 5) is 23.2. The normalized spacial score (nSPS) is 10.3. The van der Waals surface area contributed by atoms with Crippen molar-refractivity contribution in [3.63, 3.8) is 0 Å². The Kier molecular flexibility index (Phi) is 7.20. The van der Waals surface area contributed by atoms with Crippen LogP contribution in [0.25, 0.3) is 0 Å². The first-order valence-electron chi connectivity index (χ1n) is 6.35. The highest BCUT2D eigenvalue weighted by Crippen LogP contribution is 2.16. The van der Waals surface area contributed by atoms with Crippen molar-refractivity contribution in [1.82, 2.24) is 10.6 Å². The summed E-state index contributed by atoms with van der Waals surface area (Å²) < 4.78 is 15.0. The predicted molar refractivity (Wildman–Crippen MR) is 75.7 cm³/mol. The summed E-state index contributed by atoms with van der Waals surface area (Å²) >= 11 is 0. The second-order valence-electron chi connectivity index (χ2n) is 4.11. The average molecular weight is 296 g/mol. The number of rotatable bonds is 7. The lowest BCUT2D eigenvalue weighted by Crippen LogP contribution is -2.43. The van der Waals surface area contributed by atoms with E-state index in [0.29, 0.717) is 5.75 Å². The molecular weight excluding hydrogens is 276 g/mol. The van der Waals surface area contributed by atoms with E-state index >= 15 is 0 Å². The van der Waals surface area contributed by atoms with Gasteiger partial charge in [0.05, 0.1) is 13.7 Å². The third-order valence-electron chi connectivity index (χ3n) is 2.79. The minimum absolute atomic E-state index is 0.0912. The number of methoxy groups -OCH3 is 3. The van der Waals surface area contributed by atoms with Gasteiger partial charge in [-0.1, -0.05) is 18.2 Å². The van der Waals surface area contributed by atoms with Crippen LogP contribution in [0.3, 0.4) is 0 Å². The van der Waals surface area contributed by atoms with Crippen molar-refractivity contribution in [3.05, 3.63) is 29.8 Å². The molecule has 0 spiro atoms. The molecule has 21 heavy (non-hydrogen) atoms. The minimum Gasteiger partial charge on any atom is -0.496 e. The van der Waals surface area contributed by atoms with Crippen LogP contribution in [-0.2, 0) is 25.6 Å². The second-order valence-corrected chi connectivity index (χ2v) is 4.11. The van der Waals surface area contributed by atoms with Gasteiger partial charge in [0.1, 0.15) is 5.75 Å². The van der Waals surface area contributed by atoms with Gasteiger partial charge in [0.2, 0.25) is 0 Å². The van der Waals surface area contributed by atoms with Gasteiger partial charge in [0.15, 0.2) is 6.29 Å². The SMILES string of the molecule is COc1ccccc1CNC(=O)C(=O)NCC(OC)OC. The highest BCUT2D eigenvalue weighted by atomic mass is 16.7. The molecule has 0 aliphatic heterocycles. The Morgan fingerprint density at radius 1 is 1.05 bits per heavy atom. The predicted octanol–water partition coefficient (Wildman–Crippen LogP) is 0.0465. The number of para-hydroxylation sites is 1. The molecule has 0 aliphatic carbocycles. The lowest BCUT2D eigenvalue weighted by molar-refractivity contribution is -0.141. The molecule has 0 saturated carbocycles. The molecule has 0 radical (unpaired) electrons. The Hall–Kier alpha value is -2.12. The highest BCUT2D eigenvalue weighted by molar-refractivity contribution is 6.35. The maximum absolute atomic E-state index is 11.7. The molecule has 1 aromatic carbocycles. The number of hydrogen-bond donors (Lipinski definition) is 2. The van der Waals surface area contributed by atoms with Crippen LogP contribution in [0.4, 0.5) is 0 Å². The molecule has 1 rings (SSSR count). The number of nitrogens with one attached hydrogen (secondary N) is 2. The van der Waals surface area contributed by atoms with E-state index in [2.05, 4.69) is 10.6 Å². The zero-order chi connectivity index (χ0) is 15.7. The Morgan fingerprint density at radius 2 is 1.67 bits per heavy atom. The van der Waals surface area contributed by atoms with Gasteiger partial charge in [0, 0.05) is 26.3 Å². The monoisotopic (exact) mass is 296 g/mol. The van der Waals surface area contributed by atoms with Crippen LogP contribution in [0.1, 0.15) is 5.56 Å². The molecule has 116 valence electrons. The van der Waals surface area contributed by atoms with Gasteiger partial charge >= 0.3 is 11.8 Å². The number of ether oxygens (including phenoxy) is 3. The highest BCUT2D eigenvalue weighted by Gasteiger charge is 2.15. The number of amides is 2. The smallest absolute Gasteiger partial charge is 0.309 e. The van der Waals surface area contributed by atoms with E-state index in [0.717, 1.165) is 5.56 Å². The first-order chi connectivity index (χ1) is 10.1. The van der Waals surface area contributed by atoms with Crippen molar-refractivity contribution in [2.24, 2.45) is 0 Å². The summed E-state index contributed by atoms with van der Waals surface area (Å²) in [6.07, 6.45) is -0.587. The van der Waals surface area contributed by atoms with Crippen LogP contribution in [0, 0.1) is 0 Å². The molecule has 0 heterocycles.